The fourth-order valence-corrected chi connectivity index (χ4v) is 2.05. The number of anilines is 1. The highest BCUT2D eigenvalue weighted by molar-refractivity contribution is 9.10. The summed E-state index contributed by atoms with van der Waals surface area (Å²) in [7, 11) is 0. The molecule has 0 bridgehead atoms. The summed E-state index contributed by atoms with van der Waals surface area (Å²) in [4.78, 5) is 0. The molecule has 0 saturated carbocycles. The van der Waals surface area contributed by atoms with E-state index in [1.807, 2.05) is 19.9 Å². The Kier molecular flexibility index (Phi) is 2.63. The number of rotatable bonds is 0. The molecule has 0 aromatic heterocycles. The van der Waals surface area contributed by atoms with Gasteiger partial charge in [-0.3, -0.25) is 0 Å². The van der Waals surface area contributed by atoms with Crippen molar-refractivity contribution in [2.45, 2.75) is 25.9 Å². The Morgan fingerprint density at radius 2 is 2.20 bits per heavy atom. The van der Waals surface area contributed by atoms with Crippen LogP contribution in [0, 0.1) is 5.82 Å². The van der Waals surface area contributed by atoms with Gasteiger partial charge in [-0.05, 0) is 26.0 Å². The molecular formula is C11H13BrFNO. The number of halogens is 2. The Balaban J connectivity index is 2.47. The molecule has 2 rings (SSSR count). The van der Waals surface area contributed by atoms with E-state index < -0.39 is 0 Å². The Hall–Kier alpha value is -0.770. The minimum Gasteiger partial charge on any atom is -0.483 e. The van der Waals surface area contributed by atoms with E-state index in [0.717, 1.165) is 17.4 Å². The van der Waals surface area contributed by atoms with Crippen molar-refractivity contribution in [3.63, 3.8) is 0 Å². The highest BCUT2D eigenvalue weighted by Crippen LogP contribution is 2.36. The van der Waals surface area contributed by atoms with Crippen LogP contribution in [-0.4, -0.2) is 12.1 Å². The molecule has 15 heavy (non-hydrogen) atoms. The maximum atomic E-state index is 13.7. The van der Waals surface area contributed by atoms with Crippen LogP contribution in [0.2, 0.25) is 0 Å². The number of hydrogen-bond acceptors (Lipinski definition) is 2. The lowest BCUT2D eigenvalue weighted by atomic mass is 10.1. The molecule has 0 atom stereocenters. The first-order valence-electron chi connectivity index (χ1n) is 4.90. The standard InChI is InChI=1S/C11H13BrFNO/c1-11(2)3-4-14-9-6-7(12)5-8(13)10(9)15-11/h5-6,14H,3-4H2,1-2H3. The maximum Gasteiger partial charge on any atom is 0.178 e. The van der Waals surface area contributed by atoms with Crippen molar-refractivity contribution in [2.75, 3.05) is 11.9 Å². The van der Waals surface area contributed by atoms with Crippen LogP contribution < -0.4 is 10.1 Å². The molecule has 2 nitrogen and oxygen atoms in total. The van der Waals surface area contributed by atoms with Crippen LogP contribution in [0.3, 0.4) is 0 Å². The molecule has 0 amide bonds. The molecule has 0 fully saturated rings. The first-order valence-corrected chi connectivity index (χ1v) is 5.69. The van der Waals surface area contributed by atoms with E-state index >= 15 is 0 Å². The van der Waals surface area contributed by atoms with Crippen LogP contribution in [0.25, 0.3) is 0 Å². The summed E-state index contributed by atoms with van der Waals surface area (Å²) in [5.74, 6) is -0.0115. The third-order valence-corrected chi connectivity index (χ3v) is 2.89. The van der Waals surface area contributed by atoms with Gasteiger partial charge in [-0.15, -0.1) is 0 Å². The largest absolute Gasteiger partial charge is 0.483 e. The zero-order chi connectivity index (χ0) is 11.1. The van der Waals surface area contributed by atoms with Gasteiger partial charge in [-0.25, -0.2) is 4.39 Å². The van der Waals surface area contributed by atoms with E-state index in [1.165, 1.54) is 6.07 Å². The lowest BCUT2D eigenvalue weighted by molar-refractivity contribution is 0.103. The lowest BCUT2D eigenvalue weighted by Gasteiger charge is -2.24. The Bertz CT molecular complexity index is 392. The molecule has 0 radical (unpaired) electrons. The summed E-state index contributed by atoms with van der Waals surface area (Å²) >= 11 is 3.26. The molecule has 0 saturated heterocycles. The summed E-state index contributed by atoms with van der Waals surface area (Å²) in [6, 6.07) is 3.25. The predicted octanol–water partition coefficient (Wildman–Crippen LogP) is 3.56. The van der Waals surface area contributed by atoms with Crippen LogP contribution in [-0.2, 0) is 0 Å². The van der Waals surface area contributed by atoms with E-state index in [4.69, 9.17) is 4.74 Å². The van der Waals surface area contributed by atoms with Crippen molar-refractivity contribution in [1.82, 2.24) is 0 Å². The molecule has 1 heterocycles. The minimum absolute atomic E-state index is 0.320. The fraction of sp³-hybridized carbons (Fsp3) is 0.455. The van der Waals surface area contributed by atoms with E-state index in [2.05, 4.69) is 21.2 Å². The Morgan fingerprint density at radius 1 is 1.47 bits per heavy atom. The van der Waals surface area contributed by atoms with Gasteiger partial charge in [0, 0.05) is 17.4 Å². The number of hydrogen-bond donors (Lipinski definition) is 1. The summed E-state index contributed by atoms with van der Waals surface area (Å²) in [5, 5.41) is 3.17. The molecule has 82 valence electrons. The van der Waals surface area contributed by atoms with Crippen molar-refractivity contribution in [3.8, 4) is 5.75 Å². The molecule has 0 aliphatic carbocycles. The van der Waals surface area contributed by atoms with Gasteiger partial charge < -0.3 is 10.1 Å². The van der Waals surface area contributed by atoms with Crippen LogP contribution in [0.4, 0.5) is 10.1 Å². The first-order chi connectivity index (χ1) is 6.98. The first kappa shape index (κ1) is 10.7. The average Bonchev–Trinajstić information content (AvgIpc) is 2.23. The van der Waals surface area contributed by atoms with Gasteiger partial charge in [0.25, 0.3) is 0 Å². The Morgan fingerprint density at radius 3 is 2.93 bits per heavy atom. The molecule has 1 aromatic carbocycles. The van der Waals surface area contributed by atoms with Crippen LogP contribution >= 0.6 is 15.9 Å². The quantitative estimate of drug-likeness (QED) is 0.781. The summed E-state index contributed by atoms with van der Waals surface area (Å²) in [6.07, 6.45) is 0.846. The fourth-order valence-electron chi connectivity index (χ4n) is 1.62. The Labute approximate surface area is 96.9 Å². The van der Waals surface area contributed by atoms with Crippen molar-refractivity contribution in [3.05, 3.63) is 22.4 Å². The lowest BCUT2D eigenvalue weighted by Crippen LogP contribution is -2.28. The second kappa shape index (κ2) is 3.67. The van der Waals surface area contributed by atoms with Gasteiger partial charge >= 0.3 is 0 Å². The molecule has 4 heteroatoms. The third kappa shape index (κ3) is 2.25. The maximum absolute atomic E-state index is 13.7. The highest BCUT2D eigenvalue weighted by atomic mass is 79.9. The van der Waals surface area contributed by atoms with Crippen molar-refractivity contribution >= 4 is 21.6 Å². The second-order valence-electron chi connectivity index (χ2n) is 4.30. The highest BCUT2D eigenvalue weighted by Gasteiger charge is 2.26. The number of benzene rings is 1. The van der Waals surface area contributed by atoms with Crippen LogP contribution in [0.15, 0.2) is 16.6 Å². The van der Waals surface area contributed by atoms with Crippen molar-refractivity contribution < 1.29 is 9.13 Å². The van der Waals surface area contributed by atoms with Crippen molar-refractivity contribution in [2.24, 2.45) is 0 Å². The second-order valence-corrected chi connectivity index (χ2v) is 5.22. The normalized spacial score (nSPS) is 18.4. The van der Waals surface area contributed by atoms with Gasteiger partial charge in [0.2, 0.25) is 0 Å². The number of ether oxygens (including phenoxy) is 1. The average molecular weight is 274 g/mol. The topological polar surface area (TPSA) is 21.3 Å². The van der Waals surface area contributed by atoms with E-state index in [1.54, 1.807) is 0 Å². The predicted molar refractivity (Wildman–Crippen MR) is 61.9 cm³/mol. The molecule has 1 aliphatic rings. The molecular weight excluding hydrogens is 261 g/mol. The van der Waals surface area contributed by atoms with Gasteiger partial charge in [0.15, 0.2) is 11.6 Å². The number of nitrogens with one attached hydrogen (secondary N) is 1. The van der Waals surface area contributed by atoms with E-state index in [9.17, 15) is 4.39 Å². The van der Waals surface area contributed by atoms with Gasteiger partial charge in [-0.2, -0.15) is 0 Å². The smallest absolute Gasteiger partial charge is 0.178 e. The summed E-state index contributed by atoms with van der Waals surface area (Å²) in [5.41, 5.74) is 0.389. The SMILES string of the molecule is CC1(C)CCNc2cc(Br)cc(F)c2O1. The number of fused-ring (bicyclic) bond motifs is 1. The molecule has 1 aromatic rings. The van der Waals surface area contributed by atoms with Crippen molar-refractivity contribution in [1.29, 1.82) is 0 Å². The van der Waals surface area contributed by atoms with E-state index in [0.29, 0.717) is 11.4 Å². The van der Waals surface area contributed by atoms with E-state index in [-0.39, 0.29) is 11.4 Å². The molecule has 1 aliphatic heterocycles. The zero-order valence-corrected chi connectivity index (χ0v) is 10.3. The minimum atomic E-state index is -0.332. The molecule has 0 spiro atoms. The van der Waals surface area contributed by atoms with Crippen LogP contribution in [0.5, 0.6) is 5.75 Å². The van der Waals surface area contributed by atoms with Gasteiger partial charge in [0.05, 0.1) is 5.69 Å². The molecule has 1 N–H and O–H groups in total. The third-order valence-electron chi connectivity index (χ3n) is 2.43. The monoisotopic (exact) mass is 273 g/mol. The summed E-state index contributed by atoms with van der Waals surface area (Å²) < 4.78 is 20.0. The van der Waals surface area contributed by atoms with Gasteiger partial charge in [-0.1, -0.05) is 15.9 Å². The van der Waals surface area contributed by atoms with Crippen LogP contribution in [0.1, 0.15) is 20.3 Å². The summed E-state index contributed by atoms with van der Waals surface area (Å²) in [6.45, 7) is 4.71. The molecule has 0 unspecified atom stereocenters. The zero-order valence-electron chi connectivity index (χ0n) is 8.73. The van der Waals surface area contributed by atoms with Gasteiger partial charge in [0.1, 0.15) is 5.60 Å².